The maximum atomic E-state index is 14.3. The molecule has 2 aromatic rings. The number of anilines is 1. The number of halogens is 1. The van der Waals surface area contributed by atoms with Gasteiger partial charge in [-0.05, 0) is 17.9 Å². The normalized spacial score (nSPS) is 15.2. The summed E-state index contributed by atoms with van der Waals surface area (Å²) in [6.45, 7) is 4.17. The SMILES string of the molecule is CCc1ncnc(N2CCN(C(=O)c3cccs3)CC2)c1F. The van der Waals surface area contributed by atoms with E-state index in [9.17, 15) is 9.18 Å². The number of hydrogen-bond acceptors (Lipinski definition) is 5. The van der Waals surface area contributed by atoms with Crippen LogP contribution in [0.15, 0.2) is 23.8 Å². The van der Waals surface area contributed by atoms with Crippen molar-refractivity contribution >= 4 is 23.1 Å². The first-order valence-electron chi connectivity index (χ1n) is 7.27. The molecule has 0 radical (unpaired) electrons. The van der Waals surface area contributed by atoms with E-state index >= 15 is 0 Å². The number of rotatable bonds is 3. The van der Waals surface area contributed by atoms with Crippen molar-refractivity contribution in [3.63, 3.8) is 0 Å². The summed E-state index contributed by atoms with van der Waals surface area (Å²) < 4.78 is 14.3. The Balaban J connectivity index is 1.68. The van der Waals surface area contributed by atoms with Gasteiger partial charge >= 0.3 is 0 Å². The Kier molecular flexibility index (Phi) is 4.33. The number of carbonyl (C=O) groups excluding carboxylic acids is 1. The van der Waals surface area contributed by atoms with Crippen LogP contribution in [0.4, 0.5) is 10.2 Å². The Morgan fingerprint density at radius 3 is 2.73 bits per heavy atom. The third kappa shape index (κ3) is 2.81. The van der Waals surface area contributed by atoms with Crippen LogP contribution in [-0.2, 0) is 6.42 Å². The number of thiophene rings is 1. The Morgan fingerprint density at radius 2 is 2.09 bits per heavy atom. The van der Waals surface area contributed by atoms with Crippen molar-refractivity contribution in [2.24, 2.45) is 0 Å². The van der Waals surface area contributed by atoms with Gasteiger partial charge in [-0.25, -0.2) is 14.4 Å². The van der Waals surface area contributed by atoms with Gasteiger partial charge in [0.25, 0.3) is 5.91 Å². The van der Waals surface area contributed by atoms with Crippen LogP contribution in [-0.4, -0.2) is 47.0 Å². The molecule has 0 N–H and O–H groups in total. The minimum Gasteiger partial charge on any atom is -0.351 e. The predicted molar refractivity (Wildman–Crippen MR) is 83.8 cm³/mol. The molecule has 1 saturated heterocycles. The molecule has 3 heterocycles. The van der Waals surface area contributed by atoms with Crippen LogP contribution in [0.25, 0.3) is 0 Å². The zero-order valence-electron chi connectivity index (χ0n) is 12.3. The average Bonchev–Trinajstić information content (AvgIpc) is 3.09. The maximum Gasteiger partial charge on any atom is 0.264 e. The van der Waals surface area contributed by atoms with Gasteiger partial charge in [0.15, 0.2) is 11.6 Å². The molecule has 0 atom stereocenters. The van der Waals surface area contributed by atoms with E-state index in [4.69, 9.17) is 0 Å². The van der Waals surface area contributed by atoms with E-state index in [0.29, 0.717) is 44.1 Å². The minimum atomic E-state index is -0.344. The fraction of sp³-hybridized carbons (Fsp3) is 0.400. The lowest BCUT2D eigenvalue weighted by molar-refractivity contribution is 0.0751. The fourth-order valence-electron chi connectivity index (χ4n) is 2.54. The maximum absolute atomic E-state index is 14.3. The van der Waals surface area contributed by atoms with Crippen molar-refractivity contribution in [2.75, 3.05) is 31.1 Å². The topological polar surface area (TPSA) is 49.3 Å². The second-order valence-corrected chi connectivity index (χ2v) is 6.02. The predicted octanol–water partition coefficient (Wildman–Crippen LogP) is 2.20. The van der Waals surface area contributed by atoms with E-state index in [1.807, 2.05) is 34.2 Å². The molecule has 7 heteroatoms. The Hall–Kier alpha value is -2.02. The molecule has 0 saturated carbocycles. The third-order valence-electron chi connectivity index (χ3n) is 3.78. The Bertz CT molecular complexity index is 654. The van der Waals surface area contributed by atoms with Crippen molar-refractivity contribution < 1.29 is 9.18 Å². The molecule has 5 nitrogen and oxygen atoms in total. The number of amides is 1. The molecule has 1 aliphatic rings. The molecule has 0 spiro atoms. The summed E-state index contributed by atoms with van der Waals surface area (Å²) in [5.74, 6) is 0.0464. The highest BCUT2D eigenvalue weighted by molar-refractivity contribution is 7.12. The largest absolute Gasteiger partial charge is 0.351 e. The van der Waals surface area contributed by atoms with Crippen molar-refractivity contribution in [3.05, 3.63) is 40.2 Å². The van der Waals surface area contributed by atoms with E-state index in [-0.39, 0.29) is 11.7 Å². The van der Waals surface area contributed by atoms with E-state index in [1.165, 1.54) is 17.7 Å². The molecule has 0 unspecified atom stereocenters. The highest BCUT2D eigenvalue weighted by atomic mass is 32.1. The van der Waals surface area contributed by atoms with Crippen LogP contribution in [0, 0.1) is 5.82 Å². The van der Waals surface area contributed by atoms with E-state index in [0.717, 1.165) is 4.88 Å². The average molecular weight is 320 g/mol. The lowest BCUT2D eigenvalue weighted by atomic mass is 10.2. The Morgan fingerprint density at radius 1 is 1.32 bits per heavy atom. The van der Waals surface area contributed by atoms with Gasteiger partial charge in [-0.2, -0.15) is 0 Å². The molecule has 0 aromatic carbocycles. The summed E-state index contributed by atoms with van der Waals surface area (Å²) >= 11 is 1.44. The summed E-state index contributed by atoms with van der Waals surface area (Å²) in [5.41, 5.74) is 0.432. The molecular weight excluding hydrogens is 303 g/mol. The molecule has 1 fully saturated rings. The summed E-state index contributed by atoms with van der Waals surface area (Å²) in [5, 5.41) is 1.89. The van der Waals surface area contributed by atoms with Crippen LogP contribution in [0.1, 0.15) is 22.3 Å². The van der Waals surface area contributed by atoms with Crippen molar-refractivity contribution in [3.8, 4) is 0 Å². The van der Waals surface area contributed by atoms with Gasteiger partial charge in [-0.1, -0.05) is 13.0 Å². The van der Waals surface area contributed by atoms with Gasteiger partial charge in [0.1, 0.15) is 6.33 Å². The van der Waals surface area contributed by atoms with Crippen molar-refractivity contribution in [1.29, 1.82) is 0 Å². The number of hydrogen-bond donors (Lipinski definition) is 0. The molecule has 22 heavy (non-hydrogen) atoms. The third-order valence-corrected chi connectivity index (χ3v) is 4.63. The van der Waals surface area contributed by atoms with Crippen LogP contribution < -0.4 is 4.90 Å². The molecule has 1 aliphatic heterocycles. The highest BCUT2D eigenvalue weighted by Gasteiger charge is 2.25. The van der Waals surface area contributed by atoms with Gasteiger partial charge < -0.3 is 9.80 Å². The summed E-state index contributed by atoms with van der Waals surface area (Å²) in [6.07, 6.45) is 1.94. The molecule has 1 amide bonds. The molecule has 0 aliphatic carbocycles. The molecular formula is C15H17FN4OS. The zero-order chi connectivity index (χ0) is 15.5. The molecule has 0 bridgehead atoms. The van der Waals surface area contributed by atoms with Crippen LogP contribution in [0.3, 0.4) is 0 Å². The van der Waals surface area contributed by atoms with Crippen LogP contribution >= 0.6 is 11.3 Å². The number of nitrogens with zero attached hydrogens (tertiary/aromatic N) is 4. The van der Waals surface area contributed by atoms with Gasteiger partial charge in [-0.3, -0.25) is 4.79 Å². The van der Waals surface area contributed by atoms with Gasteiger partial charge in [0.2, 0.25) is 0 Å². The lowest BCUT2D eigenvalue weighted by Crippen LogP contribution is -2.49. The van der Waals surface area contributed by atoms with Crippen LogP contribution in [0.2, 0.25) is 0 Å². The summed E-state index contributed by atoms with van der Waals surface area (Å²) in [7, 11) is 0. The first kappa shape index (κ1) is 14.9. The quantitative estimate of drug-likeness (QED) is 0.870. The van der Waals surface area contributed by atoms with Crippen LogP contribution in [0.5, 0.6) is 0 Å². The molecule has 3 rings (SSSR count). The second-order valence-electron chi connectivity index (χ2n) is 5.07. The zero-order valence-corrected chi connectivity index (χ0v) is 13.1. The van der Waals surface area contributed by atoms with E-state index in [2.05, 4.69) is 9.97 Å². The summed E-state index contributed by atoms with van der Waals surface area (Å²) in [6, 6.07) is 3.70. The van der Waals surface area contributed by atoms with Gasteiger partial charge in [0, 0.05) is 26.2 Å². The molecule has 2 aromatic heterocycles. The summed E-state index contributed by atoms with van der Waals surface area (Å²) in [4.78, 5) is 24.7. The van der Waals surface area contributed by atoms with Crippen molar-refractivity contribution in [2.45, 2.75) is 13.3 Å². The number of aromatic nitrogens is 2. The number of piperazine rings is 1. The monoisotopic (exact) mass is 320 g/mol. The second kappa shape index (κ2) is 6.39. The van der Waals surface area contributed by atoms with E-state index < -0.39 is 0 Å². The Labute approximate surface area is 132 Å². The number of carbonyl (C=O) groups is 1. The highest BCUT2D eigenvalue weighted by Crippen LogP contribution is 2.21. The standard InChI is InChI=1S/C15H17FN4OS/c1-2-11-13(16)14(18-10-17-11)19-5-7-20(8-6-19)15(21)12-4-3-9-22-12/h3-4,9-10H,2,5-8H2,1H3. The molecule has 116 valence electrons. The van der Waals surface area contributed by atoms with Gasteiger partial charge in [-0.15, -0.1) is 11.3 Å². The lowest BCUT2D eigenvalue weighted by Gasteiger charge is -2.35. The van der Waals surface area contributed by atoms with Gasteiger partial charge in [0.05, 0.1) is 10.6 Å². The van der Waals surface area contributed by atoms with E-state index in [1.54, 1.807) is 0 Å². The first-order valence-corrected chi connectivity index (χ1v) is 8.15. The minimum absolute atomic E-state index is 0.0482. The first-order chi connectivity index (χ1) is 10.7. The fourth-order valence-corrected chi connectivity index (χ4v) is 3.23. The number of aryl methyl sites for hydroxylation is 1. The smallest absolute Gasteiger partial charge is 0.264 e. The van der Waals surface area contributed by atoms with Crippen molar-refractivity contribution in [1.82, 2.24) is 14.9 Å².